The summed E-state index contributed by atoms with van der Waals surface area (Å²) < 4.78 is 0. The van der Waals surface area contributed by atoms with Gasteiger partial charge in [-0.25, -0.2) is 0 Å². The van der Waals surface area contributed by atoms with E-state index in [9.17, 15) is 0 Å². The average molecular weight is 539 g/mol. The minimum absolute atomic E-state index is 0. The first-order valence-corrected chi connectivity index (χ1v) is 0. The fourth-order valence-corrected chi connectivity index (χ4v) is 0. The van der Waals surface area contributed by atoms with E-state index in [1.54, 1.807) is 0 Å². The number of hydrogen-bond acceptors (Lipinski definition) is 0. The standard InChI is InChI=1S/Ba.Nd.Pb.Ti.2H/q+2;;;;2*-1. The molecule has 0 aromatic rings. The third-order valence-corrected chi connectivity index (χ3v) is 0. The van der Waals surface area contributed by atoms with Crippen LogP contribution in [0.3, 0.4) is 0 Å². The molecule has 0 saturated heterocycles. The second kappa shape index (κ2) is 15.6. The maximum absolute atomic E-state index is 0. The fourth-order valence-electron chi connectivity index (χ4n) is 0. The van der Waals surface area contributed by atoms with Crippen LogP contribution in [0.25, 0.3) is 0 Å². The summed E-state index contributed by atoms with van der Waals surface area (Å²) in [4.78, 5) is 0. The van der Waals surface area contributed by atoms with Gasteiger partial charge >= 0.3 is 48.9 Å². The van der Waals surface area contributed by atoms with Crippen molar-refractivity contribution in [3.8, 4) is 0 Å². The summed E-state index contributed by atoms with van der Waals surface area (Å²) in [6, 6.07) is 0. The Morgan fingerprint density at radius 2 is 1.25 bits per heavy atom. The zero-order valence-electron chi connectivity index (χ0n) is 4.21. The van der Waals surface area contributed by atoms with Crippen LogP contribution in [-0.4, -0.2) is 76.2 Å². The number of hydrogen-bond donors (Lipinski definition) is 0. The molecule has 16 valence electrons. The first-order chi connectivity index (χ1) is 0. The largest absolute Gasteiger partial charge is 2.00 e. The van der Waals surface area contributed by atoms with Crippen LogP contribution in [0, 0.1) is 40.8 Å². The minimum atomic E-state index is 0. The van der Waals surface area contributed by atoms with Crippen LogP contribution in [0.5, 0.6) is 0 Å². The quantitative estimate of drug-likeness (QED) is 0.364. The first-order valence-electron chi connectivity index (χ1n) is 0. The van der Waals surface area contributed by atoms with Gasteiger partial charge < -0.3 is 2.85 Å². The van der Waals surface area contributed by atoms with E-state index in [1.807, 2.05) is 0 Å². The Morgan fingerprint density at radius 1 is 1.25 bits per heavy atom. The van der Waals surface area contributed by atoms with Crippen LogP contribution >= 0.6 is 0 Å². The summed E-state index contributed by atoms with van der Waals surface area (Å²) in [6.45, 7) is 0. The van der Waals surface area contributed by atoms with Crippen molar-refractivity contribution in [1.82, 2.24) is 0 Å². The molecule has 0 aromatic carbocycles. The van der Waals surface area contributed by atoms with Crippen molar-refractivity contribution in [2.75, 3.05) is 0 Å². The molecule has 0 aliphatic carbocycles. The fraction of sp³-hybridized carbons (Fsp3) is 0. The third-order valence-electron chi connectivity index (χ3n) is 0. The Kier molecular flexibility index (Phi) is 92.0. The Hall–Kier alpha value is 4.56. The molecule has 0 aliphatic rings. The topological polar surface area (TPSA) is 0 Å². The van der Waals surface area contributed by atoms with E-state index in [4.69, 9.17) is 0 Å². The van der Waals surface area contributed by atoms with Crippen molar-refractivity contribution in [2.24, 2.45) is 0 Å². The molecular weight excluding hydrogens is 537 g/mol. The van der Waals surface area contributed by atoms with Gasteiger partial charge in [-0.15, -0.1) is 0 Å². The summed E-state index contributed by atoms with van der Waals surface area (Å²) >= 11 is 0. The number of rotatable bonds is 0. The van der Waals surface area contributed by atoms with Crippen molar-refractivity contribution in [1.29, 1.82) is 0 Å². The van der Waals surface area contributed by atoms with E-state index in [0.717, 1.165) is 0 Å². The SMILES string of the molecule is [Ba+2].[H-].[H-].[Nd].[Pb].[Ti]. The molecule has 0 atom stereocenters. The van der Waals surface area contributed by atoms with E-state index < -0.39 is 0 Å². The Balaban J connectivity index is 0. The Morgan fingerprint density at radius 3 is 1.25 bits per heavy atom. The van der Waals surface area contributed by atoms with E-state index in [0.29, 0.717) is 0 Å². The zero-order valence-corrected chi connectivity index (χ0v) is 15.3. The molecule has 0 amide bonds. The molecule has 0 fully saturated rings. The molecule has 4 heteroatoms. The molecule has 0 unspecified atom stereocenters. The van der Waals surface area contributed by atoms with Gasteiger partial charge in [-0.05, 0) is 0 Å². The molecule has 0 nitrogen and oxygen atoms in total. The van der Waals surface area contributed by atoms with Gasteiger partial charge in [-0.1, -0.05) is 0 Å². The molecule has 0 heterocycles. The van der Waals surface area contributed by atoms with Gasteiger partial charge in [0.1, 0.15) is 0 Å². The van der Waals surface area contributed by atoms with E-state index >= 15 is 0 Å². The second-order valence-corrected chi connectivity index (χ2v) is 0. The molecule has 0 bridgehead atoms. The molecule has 0 N–H and O–H groups in total. The summed E-state index contributed by atoms with van der Waals surface area (Å²) in [5, 5.41) is 0. The zero-order chi connectivity index (χ0) is 0. The molecule has 0 aliphatic heterocycles. The summed E-state index contributed by atoms with van der Waals surface area (Å²) in [5.74, 6) is 0. The van der Waals surface area contributed by atoms with Crippen molar-refractivity contribution >= 4 is 76.2 Å². The van der Waals surface area contributed by atoms with Gasteiger partial charge in [0, 0.05) is 89.9 Å². The first kappa shape index (κ1) is 23.5. The molecule has 0 rings (SSSR count). The molecular formula is H2BaNdPbTi. The molecule has 0 aromatic heterocycles. The van der Waals surface area contributed by atoms with Gasteiger partial charge in [0.05, 0.1) is 0 Å². The maximum Gasteiger partial charge on any atom is 2.00 e. The van der Waals surface area contributed by atoms with Crippen LogP contribution in [0.2, 0.25) is 0 Å². The van der Waals surface area contributed by atoms with Crippen LogP contribution in [0.4, 0.5) is 0 Å². The molecule has 4 radical (unpaired) electrons. The smallest absolute Gasteiger partial charge is 1.00 e. The summed E-state index contributed by atoms with van der Waals surface area (Å²) in [6.07, 6.45) is 0. The van der Waals surface area contributed by atoms with Crippen LogP contribution in [0.15, 0.2) is 0 Å². The van der Waals surface area contributed by atoms with Gasteiger partial charge in [0.2, 0.25) is 0 Å². The van der Waals surface area contributed by atoms with Crippen LogP contribution in [-0.2, 0) is 21.7 Å². The van der Waals surface area contributed by atoms with Crippen molar-refractivity contribution in [2.45, 2.75) is 0 Å². The van der Waals surface area contributed by atoms with Crippen molar-refractivity contribution in [3.05, 3.63) is 0 Å². The molecule has 4 heavy (non-hydrogen) atoms. The van der Waals surface area contributed by atoms with Crippen LogP contribution < -0.4 is 0 Å². The summed E-state index contributed by atoms with van der Waals surface area (Å²) in [5.41, 5.74) is 0. The average Bonchev–Trinajstić information content (AvgIpc) is 0. The van der Waals surface area contributed by atoms with Crippen molar-refractivity contribution < 1.29 is 65.4 Å². The predicted molar refractivity (Wildman–Crippen MR) is 13.7 cm³/mol. The van der Waals surface area contributed by atoms with Gasteiger partial charge in [0.15, 0.2) is 0 Å². The maximum atomic E-state index is 0. The van der Waals surface area contributed by atoms with Gasteiger partial charge in [0.25, 0.3) is 0 Å². The Labute approximate surface area is 137 Å². The Bertz CT molecular complexity index is 13.5. The molecule has 0 saturated carbocycles. The third kappa shape index (κ3) is 9.75. The van der Waals surface area contributed by atoms with Crippen molar-refractivity contribution in [3.63, 3.8) is 0 Å². The van der Waals surface area contributed by atoms with Gasteiger partial charge in [-0.3, -0.25) is 0 Å². The van der Waals surface area contributed by atoms with E-state index in [1.165, 1.54) is 0 Å². The normalized spacial score (nSPS) is 0. The van der Waals surface area contributed by atoms with Gasteiger partial charge in [-0.2, -0.15) is 0 Å². The second-order valence-electron chi connectivity index (χ2n) is 0. The predicted octanol–water partition coefficient (Wildman–Crippen LogP) is -0.539. The van der Waals surface area contributed by atoms with Crippen LogP contribution in [0.1, 0.15) is 2.85 Å². The molecule has 0 spiro atoms. The van der Waals surface area contributed by atoms with E-state index in [-0.39, 0.29) is 142 Å². The van der Waals surface area contributed by atoms with E-state index in [2.05, 4.69) is 0 Å². The monoisotopic (exact) mass is 538 g/mol. The minimum Gasteiger partial charge on any atom is -1.00 e. The summed E-state index contributed by atoms with van der Waals surface area (Å²) in [7, 11) is 0.